The van der Waals surface area contributed by atoms with Gasteiger partial charge in [0, 0.05) is 0 Å². The minimum Gasteiger partial charge on any atom is -0.494 e. The topological polar surface area (TPSA) is 117 Å². The summed E-state index contributed by atoms with van der Waals surface area (Å²) < 4.78 is 73.7. The van der Waals surface area contributed by atoms with Crippen LogP contribution >= 0.6 is 0 Å². The molecule has 0 heterocycles. The van der Waals surface area contributed by atoms with Gasteiger partial charge in [0.15, 0.2) is 0 Å². The molecule has 0 aliphatic carbocycles. The fourth-order valence-electron chi connectivity index (χ4n) is 4.95. The van der Waals surface area contributed by atoms with Gasteiger partial charge in [-0.2, -0.15) is 8.42 Å². The lowest BCUT2D eigenvalue weighted by molar-refractivity contribution is -0.0217. The fraction of sp³-hybridized carbons (Fsp3) is 0.700. The second-order valence-corrected chi connectivity index (χ2v) is 14.1. The number of ether oxygens (including phenoxy) is 8. The van der Waals surface area contributed by atoms with E-state index in [1.165, 1.54) is 69.9 Å². The van der Waals surface area contributed by atoms with Crippen LogP contribution in [0.4, 0.5) is 0 Å². The molecule has 0 aliphatic heterocycles. The normalized spacial score (nSPS) is 11.7. The van der Waals surface area contributed by atoms with Crippen molar-refractivity contribution >= 4 is 10.1 Å². The van der Waals surface area contributed by atoms with Crippen LogP contribution in [-0.4, -0.2) is 108 Å². The number of hydrogen-bond acceptors (Lipinski definition) is 11. The van der Waals surface area contributed by atoms with Crippen LogP contribution in [0, 0.1) is 6.92 Å². The van der Waals surface area contributed by atoms with Crippen LogP contribution in [0.1, 0.15) is 82.3 Å². The van der Waals surface area contributed by atoms with Crippen LogP contribution in [0.5, 0.6) is 5.75 Å². The second-order valence-electron chi connectivity index (χ2n) is 12.5. The number of rotatable bonds is 37. The van der Waals surface area contributed by atoms with E-state index in [1.54, 1.807) is 12.1 Å². The maximum atomic E-state index is 12.1. The summed E-state index contributed by atoms with van der Waals surface area (Å²) in [6.07, 6.45) is 13.3. The van der Waals surface area contributed by atoms with Gasteiger partial charge in [-0.1, -0.05) is 94.5 Å². The molecule has 2 rings (SSSR count). The fourth-order valence-corrected chi connectivity index (χ4v) is 5.84. The molecule has 0 bridgehead atoms. The van der Waals surface area contributed by atoms with Crippen molar-refractivity contribution in [2.45, 2.75) is 89.6 Å². The molecule has 298 valence electrons. The predicted molar refractivity (Wildman–Crippen MR) is 203 cm³/mol. The van der Waals surface area contributed by atoms with Crippen molar-refractivity contribution in [2.75, 3.05) is 99.1 Å². The largest absolute Gasteiger partial charge is 0.494 e. The van der Waals surface area contributed by atoms with Crippen molar-refractivity contribution in [3.63, 3.8) is 0 Å². The molecule has 0 saturated carbocycles. The molecule has 52 heavy (non-hydrogen) atoms. The maximum absolute atomic E-state index is 12.1. The third-order valence-corrected chi connectivity index (χ3v) is 9.29. The summed E-state index contributed by atoms with van der Waals surface area (Å²) in [6, 6.07) is 14.6. The molecular formula is C40H66O11S. The zero-order valence-corrected chi connectivity index (χ0v) is 32.7. The van der Waals surface area contributed by atoms with Gasteiger partial charge >= 0.3 is 0 Å². The van der Waals surface area contributed by atoms with Crippen LogP contribution in [0.2, 0.25) is 0 Å². The standard InChI is InChI=1S/C40H66O11S/c1-3-4-5-6-7-8-9-10-11-12-21-50-39-17-15-38(16-18-39)36-49-33-32-47-29-28-45-25-24-43-22-23-44-26-27-46-30-31-48-34-35-51-52(41,42)40-19-13-37(2)14-20-40/h13-20H,3-12,21-36H2,1-2H3. The first-order chi connectivity index (χ1) is 25.5. The zero-order chi connectivity index (χ0) is 37.2. The summed E-state index contributed by atoms with van der Waals surface area (Å²) in [4.78, 5) is 0.132. The highest BCUT2D eigenvalue weighted by molar-refractivity contribution is 7.86. The lowest BCUT2D eigenvalue weighted by Crippen LogP contribution is -2.15. The Kier molecular flexibility index (Phi) is 28.6. The Hall–Kier alpha value is -2.13. The van der Waals surface area contributed by atoms with E-state index < -0.39 is 10.1 Å². The van der Waals surface area contributed by atoms with E-state index in [2.05, 4.69) is 19.1 Å². The first-order valence-corrected chi connectivity index (χ1v) is 20.6. The summed E-state index contributed by atoms with van der Waals surface area (Å²) >= 11 is 0. The van der Waals surface area contributed by atoms with Crippen molar-refractivity contribution in [3.05, 3.63) is 59.7 Å². The summed E-state index contributed by atoms with van der Waals surface area (Å²) in [7, 11) is -3.77. The molecule has 0 aliphatic rings. The van der Waals surface area contributed by atoms with Gasteiger partial charge in [0.05, 0.1) is 111 Å². The van der Waals surface area contributed by atoms with E-state index >= 15 is 0 Å². The first kappa shape index (κ1) is 46.0. The molecule has 0 unspecified atom stereocenters. The van der Waals surface area contributed by atoms with Crippen molar-refractivity contribution in [2.24, 2.45) is 0 Å². The van der Waals surface area contributed by atoms with Crippen LogP contribution in [0.3, 0.4) is 0 Å². The number of benzene rings is 2. The van der Waals surface area contributed by atoms with Gasteiger partial charge in [0.2, 0.25) is 0 Å². The van der Waals surface area contributed by atoms with E-state index in [9.17, 15) is 8.42 Å². The van der Waals surface area contributed by atoms with Crippen molar-refractivity contribution in [3.8, 4) is 5.75 Å². The average molecular weight is 755 g/mol. The highest BCUT2D eigenvalue weighted by atomic mass is 32.2. The Morgan fingerprint density at radius 3 is 1.31 bits per heavy atom. The molecule has 0 aromatic heterocycles. The Labute approximate surface area is 314 Å². The third kappa shape index (κ3) is 25.8. The summed E-state index contributed by atoms with van der Waals surface area (Å²) in [5.74, 6) is 0.917. The molecule has 2 aromatic carbocycles. The Bertz CT molecular complexity index is 1180. The van der Waals surface area contributed by atoms with E-state index in [-0.39, 0.29) is 18.1 Å². The smallest absolute Gasteiger partial charge is 0.297 e. The first-order valence-electron chi connectivity index (χ1n) is 19.2. The monoisotopic (exact) mass is 754 g/mol. The van der Waals surface area contributed by atoms with Crippen molar-refractivity contribution in [1.82, 2.24) is 0 Å². The van der Waals surface area contributed by atoms with Crippen LogP contribution in [-0.2, 0) is 54.1 Å². The maximum Gasteiger partial charge on any atom is 0.297 e. The predicted octanol–water partition coefficient (Wildman–Crippen LogP) is 7.32. The quantitative estimate of drug-likeness (QED) is 0.0511. The van der Waals surface area contributed by atoms with Gasteiger partial charge in [-0.15, -0.1) is 0 Å². The molecule has 2 aromatic rings. The number of aryl methyl sites for hydroxylation is 1. The summed E-state index contributed by atoms with van der Waals surface area (Å²) in [5.41, 5.74) is 2.09. The number of unbranched alkanes of at least 4 members (excludes halogenated alkanes) is 9. The molecule has 12 heteroatoms. The Morgan fingerprint density at radius 2 is 0.846 bits per heavy atom. The minimum atomic E-state index is -3.77. The summed E-state index contributed by atoms with van der Waals surface area (Å²) in [5, 5.41) is 0. The third-order valence-electron chi connectivity index (χ3n) is 7.97. The lowest BCUT2D eigenvalue weighted by Gasteiger charge is -2.09. The van der Waals surface area contributed by atoms with Gasteiger partial charge in [-0.3, -0.25) is 4.18 Å². The van der Waals surface area contributed by atoms with Crippen molar-refractivity contribution < 1.29 is 50.5 Å². The van der Waals surface area contributed by atoms with Gasteiger partial charge < -0.3 is 37.9 Å². The second kappa shape index (κ2) is 32.3. The minimum absolute atomic E-state index is 0.0550. The number of hydrogen-bond donors (Lipinski definition) is 0. The van der Waals surface area contributed by atoms with Crippen LogP contribution in [0.25, 0.3) is 0 Å². The summed E-state index contributed by atoms with van der Waals surface area (Å²) in [6.45, 7) is 11.1. The van der Waals surface area contributed by atoms with Gasteiger partial charge in [-0.25, -0.2) is 0 Å². The van der Waals surface area contributed by atoms with Gasteiger partial charge in [0.1, 0.15) is 5.75 Å². The average Bonchev–Trinajstić information content (AvgIpc) is 3.15. The molecule has 0 atom stereocenters. The Morgan fingerprint density at radius 1 is 0.442 bits per heavy atom. The van der Waals surface area contributed by atoms with E-state index in [0.717, 1.165) is 29.9 Å². The highest BCUT2D eigenvalue weighted by Crippen LogP contribution is 2.15. The molecule has 0 N–H and O–H groups in total. The van der Waals surface area contributed by atoms with Crippen LogP contribution < -0.4 is 4.74 Å². The Balaban J connectivity index is 1.24. The molecule has 0 spiro atoms. The van der Waals surface area contributed by atoms with E-state index in [0.29, 0.717) is 85.9 Å². The lowest BCUT2D eigenvalue weighted by atomic mass is 10.1. The zero-order valence-electron chi connectivity index (χ0n) is 31.9. The molecule has 0 fully saturated rings. The van der Waals surface area contributed by atoms with E-state index in [1.807, 2.05) is 19.1 Å². The molecule has 11 nitrogen and oxygen atoms in total. The molecule has 0 amide bonds. The molecular weight excluding hydrogens is 688 g/mol. The highest BCUT2D eigenvalue weighted by Gasteiger charge is 2.14. The SMILES string of the molecule is CCCCCCCCCCCCOc1ccc(COCCOCCOCCOCCOCCOCCOCCOS(=O)(=O)c2ccc(C)cc2)cc1. The van der Waals surface area contributed by atoms with Gasteiger partial charge in [-0.05, 0) is 43.2 Å². The van der Waals surface area contributed by atoms with Gasteiger partial charge in [0.25, 0.3) is 10.1 Å². The van der Waals surface area contributed by atoms with Crippen LogP contribution in [0.15, 0.2) is 53.4 Å². The molecule has 0 saturated heterocycles. The van der Waals surface area contributed by atoms with E-state index in [4.69, 9.17) is 42.1 Å². The van der Waals surface area contributed by atoms with Crippen molar-refractivity contribution in [1.29, 1.82) is 0 Å². The molecule has 0 radical (unpaired) electrons.